The molecule has 0 aliphatic carbocycles. The second kappa shape index (κ2) is 7.74. The van der Waals surface area contributed by atoms with Crippen LogP contribution in [0.25, 0.3) is 0 Å². The monoisotopic (exact) mass is 301 g/mol. The third-order valence-corrected chi connectivity index (χ3v) is 3.94. The van der Waals surface area contributed by atoms with Crippen molar-refractivity contribution in [1.29, 1.82) is 0 Å². The van der Waals surface area contributed by atoms with Crippen LogP contribution in [0.1, 0.15) is 12.5 Å². The van der Waals surface area contributed by atoms with Crippen LogP contribution < -0.4 is 10.1 Å². The second-order valence-corrected chi connectivity index (χ2v) is 5.60. The molecule has 0 fully saturated rings. The summed E-state index contributed by atoms with van der Waals surface area (Å²) >= 11 is 1.51. The fourth-order valence-corrected chi connectivity index (χ4v) is 2.55. The first-order chi connectivity index (χ1) is 10.2. The zero-order valence-electron chi connectivity index (χ0n) is 12.3. The molecule has 4 heteroatoms. The third kappa shape index (κ3) is 4.83. The molecule has 0 spiro atoms. The van der Waals surface area contributed by atoms with Gasteiger partial charge < -0.3 is 10.1 Å². The minimum atomic E-state index is 0.00295. The summed E-state index contributed by atoms with van der Waals surface area (Å²) in [6, 6.07) is 15.6. The summed E-state index contributed by atoms with van der Waals surface area (Å²) in [5, 5.41) is 2.93. The molecule has 2 rings (SSSR count). The summed E-state index contributed by atoms with van der Waals surface area (Å²) in [6.45, 7) is 4.60. The normalized spacial score (nSPS) is 10.2. The molecule has 110 valence electrons. The van der Waals surface area contributed by atoms with E-state index in [2.05, 4.69) is 5.32 Å². The first kappa shape index (κ1) is 15.4. The minimum absolute atomic E-state index is 0.00295. The van der Waals surface area contributed by atoms with Gasteiger partial charge in [0, 0.05) is 10.6 Å². The zero-order valence-corrected chi connectivity index (χ0v) is 13.1. The molecule has 0 aliphatic heterocycles. The Balaban J connectivity index is 1.85. The SMILES string of the molecule is CCOc1ccc(SCC(=O)Nc2ccccc2C)cc1. The highest BCUT2D eigenvalue weighted by Gasteiger charge is 2.05. The van der Waals surface area contributed by atoms with Gasteiger partial charge in [0.25, 0.3) is 0 Å². The number of hydrogen-bond donors (Lipinski definition) is 1. The van der Waals surface area contributed by atoms with Gasteiger partial charge in [-0.3, -0.25) is 4.79 Å². The van der Waals surface area contributed by atoms with Crippen molar-refractivity contribution < 1.29 is 9.53 Å². The van der Waals surface area contributed by atoms with Gasteiger partial charge in [0.15, 0.2) is 0 Å². The van der Waals surface area contributed by atoms with E-state index >= 15 is 0 Å². The highest BCUT2D eigenvalue weighted by molar-refractivity contribution is 8.00. The molecule has 3 nitrogen and oxygen atoms in total. The summed E-state index contributed by atoms with van der Waals surface area (Å²) in [5.41, 5.74) is 1.94. The van der Waals surface area contributed by atoms with E-state index in [1.165, 1.54) is 11.8 Å². The van der Waals surface area contributed by atoms with Crippen molar-refractivity contribution in [3.05, 3.63) is 54.1 Å². The predicted molar refractivity (Wildman–Crippen MR) is 88.1 cm³/mol. The third-order valence-electron chi connectivity index (χ3n) is 2.92. The summed E-state index contributed by atoms with van der Waals surface area (Å²) in [6.07, 6.45) is 0. The number of rotatable bonds is 6. The van der Waals surface area contributed by atoms with E-state index in [1.807, 2.05) is 62.4 Å². The molecule has 0 heterocycles. The fourth-order valence-electron chi connectivity index (χ4n) is 1.85. The van der Waals surface area contributed by atoms with Gasteiger partial charge in [-0.05, 0) is 49.7 Å². The molecule has 21 heavy (non-hydrogen) atoms. The van der Waals surface area contributed by atoms with Crippen molar-refractivity contribution in [3.63, 3.8) is 0 Å². The molecule has 0 aromatic heterocycles. The molecular formula is C17H19NO2S. The van der Waals surface area contributed by atoms with Crippen LogP contribution in [0, 0.1) is 6.92 Å². The lowest BCUT2D eigenvalue weighted by Gasteiger charge is -2.08. The quantitative estimate of drug-likeness (QED) is 0.815. The topological polar surface area (TPSA) is 38.3 Å². The Hall–Kier alpha value is -1.94. The Bertz CT molecular complexity index is 596. The number of amides is 1. The van der Waals surface area contributed by atoms with Gasteiger partial charge in [0.05, 0.1) is 12.4 Å². The highest BCUT2D eigenvalue weighted by Crippen LogP contribution is 2.22. The number of thioether (sulfide) groups is 1. The van der Waals surface area contributed by atoms with E-state index in [0.717, 1.165) is 21.9 Å². The Morgan fingerprint density at radius 2 is 1.86 bits per heavy atom. The Morgan fingerprint density at radius 3 is 2.52 bits per heavy atom. The maximum absolute atomic E-state index is 12.0. The van der Waals surface area contributed by atoms with E-state index < -0.39 is 0 Å². The van der Waals surface area contributed by atoms with Crippen LogP contribution in [0.4, 0.5) is 5.69 Å². The first-order valence-electron chi connectivity index (χ1n) is 6.90. The molecule has 1 N–H and O–H groups in total. The van der Waals surface area contributed by atoms with Crippen LogP contribution in [0.3, 0.4) is 0 Å². The highest BCUT2D eigenvalue weighted by atomic mass is 32.2. The lowest BCUT2D eigenvalue weighted by Crippen LogP contribution is -2.14. The summed E-state index contributed by atoms with van der Waals surface area (Å²) in [4.78, 5) is 13.0. The van der Waals surface area contributed by atoms with Crippen LogP contribution in [0.2, 0.25) is 0 Å². The molecule has 0 radical (unpaired) electrons. The molecule has 1 amide bonds. The van der Waals surface area contributed by atoms with Gasteiger partial charge in [-0.1, -0.05) is 18.2 Å². The van der Waals surface area contributed by atoms with Crippen molar-refractivity contribution in [2.75, 3.05) is 17.7 Å². The van der Waals surface area contributed by atoms with Crippen LogP contribution >= 0.6 is 11.8 Å². The lowest BCUT2D eigenvalue weighted by atomic mass is 10.2. The van der Waals surface area contributed by atoms with Gasteiger partial charge >= 0.3 is 0 Å². The maximum Gasteiger partial charge on any atom is 0.234 e. The van der Waals surface area contributed by atoms with Gasteiger partial charge in [-0.25, -0.2) is 0 Å². The number of carbonyl (C=O) groups excluding carboxylic acids is 1. The molecule has 0 saturated heterocycles. The molecule has 0 bridgehead atoms. The number of ether oxygens (including phenoxy) is 1. The number of anilines is 1. The molecule has 2 aromatic rings. The molecule has 2 aromatic carbocycles. The molecular weight excluding hydrogens is 282 g/mol. The molecule has 0 aliphatic rings. The minimum Gasteiger partial charge on any atom is -0.494 e. The number of para-hydroxylation sites is 1. The van der Waals surface area contributed by atoms with E-state index in [1.54, 1.807) is 0 Å². The van der Waals surface area contributed by atoms with Crippen molar-refractivity contribution in [1.82, 2.24) is 0 Å². The smallest absolute Gasteiger partial charge is 0.234 e. The Labute approximate surface area is 129 Å². The van der Waals surface area contributed by atoms with E-state index in [4.69, 9.17) is 4.74 Å². The van der Waals surface area contributed by atoms with Gasteiger partial charge in [0.2, 0.25) is 5.91 Å². The van der Waals surface area contributed by atoms with Crippen molar-refractivity contribution in [2.24, 2.45) is 0 Å². The number of aryl methyl sites for hydroxylation is 1. The number of nitrogens with one attached hydrogen (secondary N) is 1. The Kier molecular flexibility index (Phi) is 5.69. The predicted octanol–water partition coefficient (Wildman–Crippen LogP) is 4.12. The molecule has 0 atom stereocenters. The zero-order chi connectivity index (χ0) is 15.1. The standard InChI is InChI=1S/C17H19NO2S/c1-3-20-14-8-10-15(11-9-14)21-12-17(19)18-16-7-5-4-6-13(16)2/h4-11H,3,12H2,1-2H3,(H,18,19). The van der Waals surface area contributed by atoms with Crippen LogP contribution in [-0.2, 0) is 4.79 Å². The summed E-state index contributed by atoms with van der Waals surface area (Å²) in [5.74, 6) is 1.25. The summed E-state index contributed by atoms with van der Waals surface area (Å²) < 4.78 is 5.39. The number of carbonyl (C=O) groups is 1. The van der Waals surface area contributed by atoms with Gasteiger partial charge in [0.1, 0.15) is 5.75 Å². The number of benzene rings is 2. The van der Waals surface area contributed by atoms with Crippen LogP contribution in [0.5, 0.6) is 5.75 Å². The van der Waals surface area contributed by atoms with Gasteiger partial charge in [-0.15, -0.1) is 11.8 Å². The summed E-state index contributed by atoms with van der Waals surface area (Å²) in [7, 11) is 0. The van der Waals surface area contributed by atoms with Crippen LogP contribution in [0.15, 0.2) is 53.4 Å². The maximum atomic E-state index is 12.0. The van der Waals surface area contributed by atoms with E-state index in [9.17, 15) is 4.79 Å². The van der Waals surface area contributed by atoms with Gasteiger partial charge in [-0.2, -0.15) is 0 Å². The second-order valence-electron chi connectivity index (χ2n) is 4.56. The average Bonchev–Trinajstić information content (AvgIpc) is 2.49. The fraction of sp³-hybridized carbons (Fsp3) is 0.235. The largest absolute Gasteiger partial charge is 0.494 e. The van der Waals surface area contributed by atoms with E-state index in [-0.39, 0.29) is 5.91 Å². The van der Waals surface area contributed by atoms with Crippen molar-refractivity contribution in [3.8, 4) is 5.75 Å². The average molecular weight is 301 g/mol. The van der Waals surface area contributed by atoms with Crippen molar-refractivity contribution in [2.45, 2.75) is 18.7 Å². The van der Waals surface area contributed by atoms with E-state index in [0.29, 0.717) is 12.4 Å². The van der Waals surface area contributed by atoms with Crippen LogP contribution in [-0.4, -0.2) is 18.3 Å². The Morgan fingerprint density at radius 1 is 1.14 bits per heavy atom. The molecule has 0 unspecified atom stereocenters. The van der Waals surface area contributed by atoms with Crippen molar-refractivity contribution >= 4 is 23.4 Å². The molecule has 0 saturated carbocycles. The number of hydrogen-bond acceptors (Lipinski definition) is 3. The lowest BCUT2D eigenvalue weighted by molar-refractivity contribution is -0.113. The first-order valence-corrected chi connectivity index (χ1v) is 7.88.